The fourth-order valence-electron chi connectivity index (χ4n) is 4.21. The van der Waals surface area contributed by atoms with Crippen molar-refractivity contribution in [2.45, 2.75) is 48.2 Å². The van der Waals surface area contributed by atoms with Crippen molar-refractivity contribution in [1.29, 1.82) is 0 Å². The molecule has 0 nitrogen and oxygen atoms in total. The van der Waals surface area contributed by atoms with Gasteiger partial charge in [0.15, 0.2) is 0 Å². The molecule has 4 bridgehead atoms. The molecular weight excluding hydrogens is 280 g/mol. The van der Waals surface area contributed by atoms with Crippen molar-refractivity contribution in [3.63, 3.8) is 0 Å². The van der Waals surface area contributed by atoms with Gasteiger partial charge < -0.3 is 0 Å². The van der Waals surface area contributed by atoms with E-state index in [-0.39, 0.29) is 0 Å². The van der Waals surface area contributed by atoms with Gasteiger partial charge in [0.2, 0.25) is 0 Å². The van der Waals surface area contributed by atoms with Gasteiger partial charge in [0.1, 0.15) is 0 Å². The van der Waals surface area contributed by atoms with Crippen LogP contribution in [0.5, 0.6) is 0 Å². The Kier molecular flexibility index (Phi) is 1.18. The van der Waals surface area contributed by atoms with Gasteiger partial charge in [-0.25, -0.2) is 0 Å². The third kappa shape index (κ3) is 0.589. The van der Waals surface area contributed by atoms with E-state index in [0.29, 0.717) is 19.5 Å². The van der Waals surface area contributed by atoms with Crippen LogP contribution < -0.4 is 0 Å². The highest BCUT2D eigenvalue weighted by Gasteiger charge is 2.79. The summed E-state index contributed by atoms with van der Waals surface area (Å²) in [5.74, 6) is 0. The van der Waals surface area contributed by atoms with Crippen LogP contribution in [-0.4, -0.2) is 8.65 Å². The summed E-state index contributed by atoms with van der Waals surface area (Å²) in [5.41, 5.74) is 1.22. The third-order valence-electron chi connectivity index (χ3n) is 4.94. The monoisotopic (exact) mass is 292 g/mol. The van der Waals surface area contributed by atoms with E-state index in [1.165, 1.54) is 25.7 Å². The predicted octanol–water partition coefficient (Wildman–Crippen LogP) is 3.87. The maximum Gasteiger partial charge on any atom is 0.0422 e. The Morgan fingerprint density at radius 3 is 1.08 bits per heavy atom. The van der Waals surface area contributed by atoms with Crippen molar-refractivity contribution in [3.05, 3.63) is 0 Å². The van der Waals surface area contributed by atoms with Gasteiger partial charge in [-0.3, -0.25) is 0 Å². The molecule has 0 amide bonds. The van der Waals surface area contributed by atoms with Crippen LogP contribution in [0.25, 0.3) is 0 Å². The summed E-state index contributed by atoms with van der Waals surface area (Å²) in [6.45, 7) is 4.96. The molecule has 68 valence electrons. The number of halogens is 2. The van der Waals surface area contributed by atoms with Crippen molar-refractivity contribution in [1.82, 2.24) is 0 Å². The first kappa shape index (κ1) is 8.28. The first-order valence-corrected chi connectivity index (χ1v) is 6.29. The molecule has 0 unspecified atom stereocenters. The molecule has 4 aliphatic rings. The molecule has 0 heterocycles. The zero-order valence-electron chi connectivity index (χ0n) is 7.58. The predicted molar refractivity (Wildman–Crippen MR) is 58.0 cm³/mol. The molecule has 0 aromatic heterocycles. The Morgan fingerprint density at radius 2 is 1.00 bits per heavy atom. The third-order valence-corrected chi connectivity index (χ3v) is 8.11. The van der Waals surface area contributed by atoms with Gasteiger partial charge in [-0.15, -0.1) is 0 Å². The number of rotatable bonds is 0. The molecule has 0 N–H and O–H groups in total. The van der Waals surface area contributed by atoms with Gasteiger partial charge >= 0.3 is 0 Å². The highest BCUT2D eigenvalue weighted by molar-refractivity contribution is 9.13. The summed E-state index contributed by atoms with van der Waals surface area (Å²) in [6.07, 6.45) is 5.51. The van der Waals surface area contributed by atoms with Crippen molar-refractivity contribution in [3.8, 4) is 0 Å². The van der Waals surface area contributed by atoms with E-state index < -0.39 is 0 Å². The Labute approximate surface area is 90.7 Å². The van der Waals surface area contributed by atoms with Crippen molar-refractivity contribution >= 4 is 31.9 Å². The zero-order chi connectivity index (χ0) is 8.83. The van der Waals surface area contributed by atoms with E-state index in [2.05, 4.69) is 45.7 Å². The van der Waals surface area contributed by atoms with Crippen LogP contribution in [-0.2, 0) is 0 Å². The molecule has 0 atom stereocenters. The maximum atomic E-state index is 3.97. The van der Waals surface area contributed by atoms with E-state index in [1.54, 1.807) is 0 Å². The zero-order valence-corrected chi connectivity index (χ0v) is 10.8. The lowest BCUT2D eigenvalue weighted by Gasteiger charge is -2.33. The summed E-state index contributed by atoms with van der Waals surface area (Å²) in [5, 5.41) is 0. The van der Waals surface area contributed by atoms with E-state index in [0.717, 1.165) is 0 Å². The van der Waals surface area contributed by atoms with Crippen molar-refractivity contribution in [2.75, 3.05) is 0 Å². The van der Waals surface area contributed by atoms with E-state index >= 15 is 0 Å². The standard InChI is InChI=1S/C10H14Br2/c1-7-3-9(11)5-8(7,2)6-10(9,12)4-7/h3-6H2,1-2H3. The minimum atomic E-state index is 0.434. The Hall–Kier alpha value is 0.960. The first-order chi connectivity index (χ1) is 5.33. The first-order valence-electron chi connectivity index (χ1n) is 4.71. The minimum Gasteiger partial charge on any atom is -0.0838 e. The van der Waals surface area contributed by atoms with Gasteiger partial charge in [0.25, 0.3) is 0 Å². The summed E-state index contributed by atoms with van der Waals surface area (Å²) < 4.78 is 0.868. The highest BCUT2D eigenvalue weighted by Crippen LogP contribution is 2.83. The number of hydrogen-bond acceptors (Lipinski definition) is 0. The molecule has 0 aliphatic heterocycles. The van der Waals surface area contributed by atoms with Gasteiger partial charge in [0, 0.05) is 8.65 Å². The molecule has 0 spiro atoms. The summed E-state index contributed by atoms with van der Waals surface area (Å²) in [6, 6.07) is 0. The number of hydrogen-bond donors (Lipinski definition) is 0. The lowest BCUT2D eigenvalue weighted by Crippen LogP contribution is -2.33. The van der Waals surface area contributed by atoms with Crippen LogP contribution in [0, 0.1) is 10.8 Å². The molecule has 2 heteroatoms. The fourth-order valence-corrected chi connectivity index (χ4v) is 7.25. The van der Waals surface area contributed by atoms with Crippen LogP contribution in [0.2, 0.25) is 0 Å². The molecule has 0 aromatic rings. The lowest BCUT2D eigenvalue weighted by molar-refractivity contribution is 0.157. The van der Waals surface area contributed by atoms with Crippen molar-refractivity contribution in [2.24, 2.45) is 10.8 Å². The molecule has 4 saturated carbocycles. The average molecular weight is 294 g/mol. The second-order valence-electron chi connectivity index (χ2n) is 5.76. The average Bonchev–Trinajstić information content (AvgIpc) is 2.19. The highest BCUT2D eigenvalue weighted by atomic mass is 79.9. The Morgan fingerprint density at radius 1 is 0.750 bits per heavy atom. The Bertz CT molecular complexity index is 205. The van der Waals surface area contributed by atoms with Gasteiger partial charge in [0.05, 0.1) is 0 Å². The van der Waals surface area contributed by atoms with Crippen LogP contribution in [0.4, 0.5) is 0 Å². The second-order valence-corrected chi connectivity index (χ2v) is 8.79. The molecule has 12 heavy (non-hydrogen) atoms. The quantitative estimate of drug-likeness (QED) is 0.595. The normalized spacial score (nSPS) is 73.0. The van der Waals surface area contributed by atoms with Gasteiger partial charge in [-0.1, -0.05) is 45.7 Å². The Balaban J connectivity index is 2.23. The molecule has 4 fully saturated rings. The summed E-state index contributed by atoms with van der Waals surface area (Å²) >= 11 is 7.95. The van der Waals surface area contributed by atoms with E-state index in [4.69, 9.17) is 0 Å². The molecule has 4 aliphatic carbocycles. The number of alkyl halides is 2. The SMILES string of the molecule is CC12CC3(Br)CC1(C)CC3(Br)C2. The topological polar surface area (TPSA) is 0 Å². The van der Waals surface area contributed by atoms with E-state index in [1.807, 2.05) is 0 Å². The van der Waals surface area contributed by atoms with E-state index in [9.17, 15) is 0 Å². The van der Waals surface area contributed by atoms with Crippen LogP contribution in [0.15, 0.2) is 0 Å². The molecule has 0 radical (unpaired) electrons. The fraction of sp³-hybridized carbons (Fsp3) is 1.00. The van der Waals surface area contributed by atoms with Crippen LogP contribution in [0.1, 0.15) is 39.5 Å². The summed E-state index contributed by atoms with van der Waals surface area (Å²) in [4.78, 5) is 0. The summed E-state index contributed by atoms with van der Waals surface area (Å²) in [7, 11) is 0. The van der Waals surface area contributed by atoms with Gasteiger partial charge in [-0.2, -0.15) is 0 Å². The minimum absolute atomic E-state index is 0.434. The largest absolute Gasteiger partial charge is 0.0838 e. The molecular formula is C10H14Br2. The lowest BCUT2D eigenvalue weighted by atomic mass is 9.71. The second kappa shape index (κ2) is 1.71. The smallest absolute Gasteiger partial charge is 0.0422 e. The van der Waals surface area contributed by atoms with Gasteiger partial charge in [-0.05, 0) is 36.5 Å². The maximum absolute atomic E-state index is 3.97. The molecule has 0 aromatic carbocycles. The molecule has 0 saturated heterocycles. The van der Waals surface area contributed by atoms with Crippen LogP contribution >= 0.6 is 31.9 Å². The van der Waals surface area contributed by atoms with Crippen molar-refractivity contribution < 1.29 is 0 Å². The molecule has 4 rings (SSSR count). The van der Waals surface area contributed by atoms with Crippen LogP contribution in [0.3, 0.4) is 0 Å².